The minimum absolute atomic E-state index is 0.0218. The smallest absolute Gasteiger partial charge is 0.407 e. The normalized spacial score (nSPS) is 12.3. The van der Waals surface area contributed by atoms with E-state index in [1.54, 1.807) is 51.1 Å². The van der Waals surface area contributed by atoms with E-state index in [4.69, 9.17) is 13.7 Å². The Hall–Kier alpha value is -3.85. The molecule has 1 N–H and O–H groups in total. The number of hydrogen-bond donors (Lipinski definition) is 1. The van der Waals surface area contributed by atoms with Crippen molar-refractivity contribution in [1.29, 1.82) is 0 Å². The molecule has 196 valence electrons. The molecule has 0 aliphatic carbocycles. The van der Waals surface area contributed by atoms with E-state index in [9.17, 15) is 18.0 Å². The van der Waals surface area contributed by atoms with Gasteiger partial charge in [0.15, 0.2) is 0 Å². The number of carbonyl (C=O) groups is 2. The van der Waals surface area contributed by atoms with Crippen molar-refractivity contribution < 1.29 is 31.7 Å². The molecular formula is C28H31NO7S. The van der Waals surface area contributed by atoms with Crippen LogP contribution < -0.4 is 9.50 Å². The Morgan fingerprint density at radius 2 is 1.54 bits per heavy atom. The van der Waals surface area contributed by atoms with E-state index >= 15 is 0 Å². The maximum absolute atomic E-state index is 12.7. The summed E-state index contributed by atoms with van der Waals surface area (Å²) in [4.78, 5) is 24.9. The lowest BCUT2D eigenvalue weighted by Gasteiger charge is -2.23. The van der Waals surface area contributed by atoms with Gasteiger partial charge in [0.05, 0.1) is 6.42 Å². The number of benzene rings is 3. The molecule has 0 saturated heterocycles. The van der Waals surface area contributed by atoms with Gasteiger partial charge in [0.25, 0.3) is 0 Å². The van der Waals surface area contributed by atoms with Crippen molar-refractivity contribution in [3.05, 3.63) is 96.1 Å². The second kappa shape index (κ2) is 12.4. The molecule has 3 aromatic rings. The highest BCUT2D eigenvalue weighted by Gasteiger charge is 2.24. The molecule has 0 aliphatic rings. The summed E-state index contributed by atoms with van der Waals surface area (Å²) in [7, 11) is -4.04. The van der Waals surface area contributed by atoms with Crippen LogP contribution in [0.5, 0.6) is 5.75 Å². The summed E-state index contributed by atoms with van der Waals surface area (Å²) in [6.45, 7) is 5.46. The Balaban J connectivity index is 1.73. The number of nitrogens with one attached hydrogen (secondary N) is 1. The first-order chi connectivity index (χ1) is 17.5. The molecule has 0 heterocycles. The van der Waals surface area contributed by atoms with Crippen LogP contribution in [0, 0.1) is 0 Å². The third-order valence-corrected chi connectivity index (χ3v) is 6.37. The lowest BCUT2D eigenvalue weighted by molar-refractivity contribution is -0.155. The SMILES string of the molecule is CC(C)(C)OC(=O)CC(CNC(=O)OCc1ccccc1)c1cccc(OS(=O)(=O)c2ccccc2)c1. The lowest BCUT2D eigenvalue weighted by atomic mass is 9.95. The number of alkyl carbamates (subject to hydrolysis) is 1. The summed E-state index contributed by atoms with van der Waals surface area (Å²) in [5.41, 5.74) is 0.751. The zero-order valence-electron chi connectivity index (χ0n) is 21.0. The summed E-state index contributed by atoms with van der Waals surface area (Å²) < 4.78 is 41.4. The molecule has 0 aliphatic heterocycles. The highest BCUT2D eigenvalue weighted by Crippen LogP contribution is 2.27. The second-order valence-electron chi connectivity index (χ2n) is 9.35. The zero-order chi connectivity index (χ0) is 26.9. The molecule has 8 nitrogen and oxygen atoms in total. The zero-order valence-corrected chi connectivity index (χ0v) is 21.9. The number of rotatable bonds is 10. The number of hydrogen-bond acceptors (Lipinski definition) is 7. The van der Waals surface area contributed by atoms with Crippen molar-refractivity contribution in [3.63, 3.8) is 0 Å². The average molecular weight is 526 g/mol. The molecule has 1 atom stereocenters. The van der Waals surface area contributed by atoms with Gasteiger partial charge in [0.2, 0.25) is 0 Å². The van der Waals surface area contributed by atoms with Crippen molar-refractivity contribution in [1.82, 2.24) is 5.32 Å². The highest BCUT2D eigenvalue weighted by molar-refractivity contribution is 7.87. The maximum Gasteiger partial charge on any atom is 0.407 e. The number of amides is 1. The fourth-order valence-electron chi connectivity index (χ4n) is 3.46. The second-order valence-corrected chi connectivity index (χ2v) is 10.9. The van der Waals surface area contributed by atoms with Gasteiger partial charge in [0.1, 0.15) is 22.9 Å². The third-order valence-electron chi connectivity index (χ3n) is 5.11. The van der Waals surface area contributed by atoms with Crippen LogP contribution in [0.3, 0.4) is 0 Å². The Morgan fingerprint density at radius 3 is 2.19 bits per heavy atom. The average Bonchev–Trinajstić information content (AvgIpc) is 2.85. The Morgan fingerprint density at radius 1 is 0.892 bits per heavy atom. The third kappa shape index (κ3) is 9.27. The van der Waals surface area contributed by atoms with Gasteiger partial charge in [-0.25, -0.2) is 4.79 Å². The van der Waals surface area contributed by atoms with E-state index in [1.165, 1.54) is 24.3 Å². The quantitative estimate of drug-likeness (QED) is 0.286. The number of esters is 1. The molecule has 0 saturated carbocycles. The van der Waals surface area contributed by atoms with Crippen LogP contribution in [0.1, 0.15) is 44.2 Å². The number of ether oxygens (including phenoxy) is 2. The van der Waals surface area contributed by atoms with E-state index in [0.29, 0.717) is 5.56 Å². The van der Waals surface area contributed by atoms with Gasteiger partial charge in [-0.15, -0.1) is 0 Å². The van der Waals surface area contributed by atoms with Gasteiger partial charge in [-0.3, -0.25) is 4.79 Å². The van der Waals surface area contributed by atoms with Crippen LogP contribution in [0.2, 0.25) is 0 Å². The highest BCUT2D eigenvalue weighted by atomic mass is 32.2. The Kier molecular flexibility index (Phi) is 9.30. The molecule has 0 bridgehead atoms. The Labute approximate surface area is 217 Å². The molecule has 3 rings (SSSR count). The molecule has 0 aromatic heterocycles. The van der Waals surface area contributed by atoms with E-state index in [0.717, 1.165) is 5.56 Å². The molecule has 1 unspecified atom stereocenters. The van der Waals surface area contributed by atoms with E-state index in [2.05, 4.69) is 5.32 Å². The first kappa shape index (κ1) is 27.7. The first-order valence-electron chi connectivity index (χ1n) is 11.8. The number of carbonyl (C=O) groups excluding carboxylic acids is 2. The van der Waals surface area contributed by atoms with Gasteiger partial charge in [0, 0.05) is 12.5 Å². The van der Waals surface area contributed by atoms with Gasteiger partial charge < -0.3 is 19.0 Å². The summed E-state index contributed by atoms with van der Waals surface area (Å²) in [5, 5.41) is 2.69. The van der Waals surface area contributed by atoms with Crippen LogP contribution in [0.4, 0.5) is 4.79 Å². The molecule has 0 radical (unpaired) electrons. The minimum atomic E-state index is -4.04. The molecular weight excluding hydrogens is 494 g/mol. The van der Waals surface area contributed by atoms with Gasteiger partial charge >= 0.3 is 22.2 Å². The summed E-state index contributed by atoms with van der Waals surface area (Å²) in [5.74, 6) is -0.899. The van der Waals surface area contributed by atoms with Crippen LogP contribution >= 0.6 is 0 Å². The van der Waals surface area contributed by atoms with Crippen molar-refractivity contribution in [3.8, 4) is 5.75 Å². The van der Waals surface area contributed by atoms with Gasteiger partial charge in [-0.2, -0.15) is 8.42 Å². The Bertz CT molecular complexity index is 1290. The van der Waals surface area contributed by atoms with Crippen LogP contribution in [0.25, 0.3) is 0 Å². The monoisotopic (exact) mass is 525 g/mol. The van der Waals surface area contributed by atoms with Crippen molar-refractivity contribution in [2.45, 2.75) is 50.2 Å². The summed E-state index contributed by atoms with van der Waals surface area (Å²) in [6.07, 6.45) is -0.692. The largest absolute Gasteiger partial charge is 0.460 e. The van der Waals surface area contributed by atoms with Gasteiger partial charge in [-0.1, -0.05) is 60.7 Å². The van der Waals surface area contributed by atoms with Crippen LogP contribution in [-0.4, -0.2) is 32.6 Å². The maximum atomic E-state index is 12.7. The van der Waals surface area contributed by atoms with Crippen molar-refractivity contribution in [2.75, 3.05) is 6.54 Å². The van der Waals surface area contributed by atoms with E-state index in [1.807, 2.05) is 30.3 Å². The fraction of sp³-hybridized carbons (Fsp3) is 0.286. The topological polar surface area (TPSA) is 108 Å². The first-order valence-corrected chi connectivity index (χ1v) is 13.2. The fourth-order valence-corrected chi connectivity index (χ4v) is 4.40. The minimum Gasteiger partial charge on any atom is -0.460 e. The standard InChI is InChI=1S/C28H31NO7S/c1-28(2,3)35-26(30)18-23(19-29-27(31)34-20-21-11-6-4-7-12-21)22-13-10-14-24(17-22)36-37(32,33)25-15-8-5-9-16-25/h4-17,23H,18-20H2,1-3H3,(H,29,31). The predicted molar refractivity (Wildman–Crippen MR) is 139 cm³/mol. The summed E-state index contributed by atoms with van der Waals surface area (Å²) >= 11 is 0. The van der Waals surface area contributed by atoms with Crippen molar-refractivity contribution >= 4 is 22.2 Å². The predicted octanol–water partition coefficient (Wildman–Crippen LogP) is 5.20. The molecule has 9 heteroatoms. The van der Waals surface area contributed by atoms with Crippen LogP contribution in [0.15, 0.2) is 89.8 Å². The lowest BCUT2D eigenvalue weighted by Crippen LogP contribution is -2.31. The van der Waals surface area contributed by atoms with E-state index < -0.39 is 33.7 Å². The molecule has 3 aromatic carbocycles. The molecule has 0 spiro atoms. The van der Waals surface area contributed by atoms with Crippen molar-refractivity contribution in [2.24, 2.45) is 0 Å². The molecule has 37 heavy (non-hydrogen) atoms. The molecule has 1 amide bonds. The van der Waals surface area contributed by atoms with E-state index in [-0.39, 0.29) is 30.2 Å². The molecule has 0 fully saturated rings. The van der Waals surface area contributed by atoms with Crippen LogP contribution in [-0.2, 0) is 31.0 Å². The summed E-state index contributed by atoms with van der Waals surface area (Å²) in [6, 6.07) is 23.4. The van der Waals surface area contributed by atoms with Gasteiger partial charge in [-0.05, 0) is 56.2 Å².